The molecule has 0 saturated carbocycles. The second-order valence-electron chi connectivity index (χ2n) is 9.01. The lowest BCUT2D eigenvalue weighted by Gasteiger charge is -2.29. The lowest BCUT2D eigenvalue weighted by atomic mass is 9.85. The first-order valence-electron chi connectivity index (χ1n) is 11.9. The second-order valence-corrected chi connectivity index (χ2v) is 9.01. The molecule has 190 valence electrons. The lowest BCUT2D eigenvalue weighted by molar-refractivity contribution is -0.118. The first kappa shape index (κ1) is 24.4. The Morgan fingerprint density at radius 1 is 0.892 bits per heavy atom. The summed E-state index contributed by atoms with van der Waals surface area (Å²) in [4.78, 5) is 26.6. The molecule has 0 aromatic heterocycles. The van der Waals surface area contributed by atoms with Crippen LogP contribution in [-0.2, 0) is 9.53 Å². The van der Waals surface area contributed by atoms with Gasteiger partial charge in [-0.15, -0.1) is 0 Å². The van der Waals surface area contributed by atoms with Gasteiger partial charge >= 0.3 is 0 Å². The number of benzene rings is 3. The van der Waals surface area contributed by atoms with Gasteiger partial charge in [0.1, 0.15) is 0 Å². The standard InChI is InChI=1S/C29H28N2O6/c1-35-19-14-22-26(23(32)15-19)27(18-12-24(36-2)29(34)25(13-18)37-3)31-20-10-9-17(11-21(20)30-22)28(33)16-7-5-4-6-8-16/h4-13,19,27,30-31,34H,14-15H2,1-3H3. The molecule has 37 heavy (non-hydrogen) atoms. The highest BCUT2D eigenvalue weighted by Crippen LogP contribution is 2.45. The van der Waals surface area contributed by atoms with Crippen molar-refractivity contribution in [2.45, 2.75) is 25.0 Å². The summed E-state index contributed by atoms with van der Waals surface area (Å²) in [5.41, 5.74) is 4.48. The number of carbonyl (C=O) groups is 2. The number of nitrogens with one attached hydrogen (secondary N) is 2. The average molecular weight is 501 g/mol. The summed E-state index contributed by atoms with van der Waals surface area (Å²) in [6, 6.07) is 17.3. The average Bonchev–Trinajstić information content (AvgIpc) is 3.09. The number of ether oxygens (including phenoxy) is 3. The highest BCUT2D eigenvalue weighted by molar-refractivity contribution is 6.10. The normalized spacial score (nSPS) is 18.6. The van der Waals surface area contributed by atoms with Crippen molar-refractivity contribution in [3.8, 4) is 17.2 Å². The molecule has 2 atom stereocenters. The first-order valence-corrected chi connectivity index (χ1v) is 11.9. The molecule has 8 nitrogen and oxygen atoms in total. The number of phenols is 1. The third-order valence-corrected chi connectivity index (χ3v) is 6.83. The van der Waals surface area contributed by atoms with Crippen LogP contribution in [0.1, 0.15) is 40.4 Å². The quantitative estimate of drug-likeness (QED) is 0.413. The molecule has 3 aromatic carbocycles. The van der Waals surface area contributed by atoms with E-state index in [1.54, 1.807) is 43.5 Å². The Hall–Kier alpha value is -4.30. The molecular formula is C29H28N2O6. The molecule has 8 heteroatoms. The van der Waals surface area contributed by atoms with Crippen LogP contribution in [0.4, 0.5) is 11.4 Å². The summed E-state index contributed by atoms with van der Waals surface area (Å²) < 4.78 is 16.3. The fourth-order valence-electron chi connectivity index (χ4n) is 4.91. The summed E-state index contributed by atoms with van der Waals surface area (Å²) in [6.07, 6.45) is 0.479. The maximum atomic E-state index is 13.4. The molecular weight excluding hydrogens is 472 g/mol. The van der Waals surface area contributed by atoms with Crippen molar-refractivity contribution in [3.63, 3.8) is 0 Å². The van der Waals surface area contributed by atoms with Gasteiger partial charge in [-0.2, -0.15) is 0 Å². The van der Waals surface area contributed by atoms with Crippen molar-refractivity contribution in [3.05, 3.63) is 88.6 Å². The van der Waals surface area contributed by atoms with Gasteiger partial charge < -0.3 is 30.0 Å². The largest absolute Gasteiger partial charge is 0.502 e. The molecule has 3 N–H and O–H groups in total. The Morgan fingerprint density at radius 3 is 2.24 bits per heavy atom. The molecule has 0 spiro atoms. The number of rotatable bonds is 6. The molecule has 5 rings (SSSR count). The van der Waals surface area contributed by atoms with E-state index in [-0.39, 0.29) is 41.3 Å². The van der Waals surface area contributed by atoms with Crippen molar-refractivity contribution in [1.82, 2.24) is 0 Å². The number of hydrogen-bond acceptors (Lipinski definition) is 8. The number of methoxy groups -OCH3 is 3. The summed E-state index contributed by atoms with van der Waals surface area (Å²) in [7, 11) is 4.51. The van der Waals surface area contributed by atoms with Crippen LogP contribution in [0, 0.1) is 0 Å². The minimum Gasteiger partial charge on any atom is -0.502 e. The molecule has 2 aliphatic rings. The van der Waals surface area contributed by atoms with Gasteiger partial charge in [0, 0.05) is 42.3 Å². The maximum Gasteiger partial charge on any atom is 0.200 e. The first-order chi connectivity index (χ1) is 17.9. The minimum absolute atomic E-state index is 0.0579. The van der Waals surface area contributed by atoms with E-state index in [2.05, 4.69) is 10.6 Å². The molecule has 0 bridgehead atoms. The van der Waals surface area contributed by atoms with Crippen LogP contribution in [0.2, 0.25) is 0 Å². The second kappa shape index (κ2) is 9.99. The number of aromatic hydroxyl groups is 1. The Bertz CT molecular complexity index is 1370. The topological polar surface area (TPSA) is 106 Å². The number of ketones is 2. The molecule has 2 unspecified atom stereocenters. The summed E-state index contributed by atoms with van der Waals surface area (Å²) in [5.74, 6) is 0.198. The number of anilines is 2. The van der Waals surface area contributed by atoms with Crippen LogP contribution < -0.4 is 20.1 Å². The third kappa shape index (κ3) is 4.51. The van der Waals surface area contributed by atoms with Gasteiger partial charge in [-0.3, -0.25) is 9.59 Å². The van der Waals surface area contributed by atoms with Gasteiger partial charge in [-0.25, -0.2) is 0 Å². The van der Waals surface area contributed by atoms with Crippen LogP contribution in [0.15, 0.2) is 71.9 Å². The van der Waals surface area contributed by atoms with E-state index < -0.39 is 6.04 Å². The molecule has 1 heterocycles. The van der Waals surface area contributed by atoms with Crippen molar-refractivity contribution >= 4 is 22.9 Å². The van der Waals surface area contributed by atoms with Gasteiger partial charge in [-0.1, -0.05) is 30.3 Å². The fraction of sp³-hybridized carbons (Fsp3) is 0.241. The van der Waals surface area contributed by atoms with Crippen molar-refractivity contribution in [2.75, 3.05) is 32.0 Å². The predicted molar refractivity (Wildman–Crippen MR) is 140 cm³/mol. The number of Topliss-reactive ketones (excluding diaryl/α,β-unsaturated/α-hetero) is 1. The molecule has 3 aromatic rings. The molecule has 1 aliphatic carbocycles. The number of phenolic OH excluding ortho intramolecular Hbond substituents is 1. The number of carbonyl (C=O) groups excluding carboxylic acids is 2. The summed E-state index contributed by atoms with van der Waals surface area (Å²) in [6.45, 7) is 0. The predicted octanol–water partition coefficient (Wildman–Crippen LogP) is 4.85. The van der Waals surface area contributed by atoms with Crippen LogP contribution in [0.5, 0.6) is 17.2 Å². The lowest BCUT2D eigenvalue weighted by Crippen LogP contribution is -2.30. The molecule has 0 fully saturated rings. The van der Waals surface area contributed by atoms with E-state index >= 15 is 0 Å². The van der Waals surface area contributed by atoms with Gasteiger partial charge in [0.05, 0.1) is 37.7 Å². The molecule has 0 saturated heterocycles. The molecule has 0 radical (unpaired) electrons. The Labute approximate surface area is 214 Å². The van der Waals surface area contributed by atoms with Crippen LogP contribution >= 0.6 is 0 Å². The maximum absolute atomic E-state index is 13.4. The van der Waals surface area contributed by atoms with Gasteiger partial charge in [-0.05, 0) is 35.9 Å². The van der Waals surface area contributed by atoms with Gasteiger partial charge in [0.2, 0.25) is 5.75 Å². The number of fused-ring (bicyclic) bond motifs is 1. The Kier molecular flexibility index (Phi) is 6.58. The van der Waals surface area contributed by atoms with Gasteiger partial charge in [0.15, 0.2) is 23.1 Å². The van der Waals surface area contributed by atoms with E-state index in [9.17, 15) is 14.7 Å². The Morgan fingerprint density at radius 2 is 1.59 bits per heavy atom. The summed E-state index contributed by atoms with van der Waals surface area (Å²) in [5, 5.41) is 17.3. The number of hydrogen-bond donors (Lipinski definition) is 3. The van der Waals surface area contributed by atoms with Crippen molar-refractivity contribution < 1.29 is 28.9 Å². The highest BCUT2D eigenvalue weighted by atomic mass is 16.5. The zero-order valence-corrected chi connectivity index (χ0v) is 20.8. The van der Waals surface area contributed by atoms with Crippen molar-refractivity contribution in [2.24, 2.45) is 0 Å². The highest BCUT2D eigenvalue weighted by Gasteiger charge is 2.36. The zero-order chi connectivity index (χ0) is 26.1. The minimum atomic E-state index is -0.562. The monoisotopic (exact) mass is 500 g/mol. The fourth-order valence-corrected chi connectivity index (χ4v) is 4.91. The van der Waals surface area contributed by atoms with Crippen molar-refractivity contribution in [1.29, 1.82) is 0 Å². The molecule has 0 amide bonds. The van der Waals surface area contributed by atoms with E-state index in [1.807, 2.05) is 24.3 Å². The van der Waals surface area contributed by atoms with E-state index in [4.69, 9.17) is 14.2 Å². The van der Waals surface area contributed by atoms with Gasteiger partial charge in [0.25, 0.3) is 0 Å². The van der Waals surface area contributed by atoms with Crippen LogP contribution in [-0.4, -0.2) is 44.1 Å². The smallest absolute Gasteiger partial charge is 0.200 e. The Balaban J connectivity index is 1.63. The van der Waals surface area contributed by atoms with E-state index in [0.717, 1.165) is 11.4 Å². The molecule has 1 aliphatic heterocycles. The van der Waals surface area contributed by atoms with E-state index in [1.165, 1.54) is 14.2 Å². The summed E-state index contributed by atoms with van der Waals surface area (Å²) >= 11 is 0. The van der Waals surface area contributed by atoms with Crippen LogP contribution in [0.3, 0.4) is 0 Å². The van der Waals surface area contributed by atoms with E-state index in [0.29, 0.717) is 34.4 Å². The zero-order valence-electron chi connectivity index (χ0n) is 20.8. The SMILES string of the molecule is COc1cc(C2Nc3ccc(C(=O)c4ccccc4)cc3NC3=C2C(=O)CC(OC)C3)cc(OC)c1O. The van der Waals surface area contributed by atoms with Crippen LogP contribution in [0.25, 0.3) is 0 Å². The third-order valence-electron chi connectivity index (χ3n) is 6.83.